The number of amides is 1. The van der Waals surface area contributed by atoms with Crippen LogP contribution in [0, 0.1) is 5.41 Å². The molecule has 0 aliphatic carbocycles. The smallest absolute Gasteiger partial charge is 0.338 e. The summed E-state index contributed by atoms with van der Waals surface area (Å²) in [5.74, 6) is -0.883. The first-order chi connectivity index (χ1) is 9.21. The van der Waals surface area contributed by atoms with Crippen LogP contribution in [0.5, 0.6) is 0 Å². The Morgan fingerprint density at radius 1 is 1.55 bits per heavy atom. The highest BCUT2D eigenvalue weighted by atomic mass is 16.6. The van der Waals surface area contributed by atoms with Gasteiger partial charge in [0, 0.05) is 11.0 Å². The van der Waals surface area contributed by atoms with E-state index in [1.54, 1.807) is 6.92 Å². The second kappa shape index (κ2) is 4.56. The summed E-state index contributed by atoms with van der Waals surface area (Å²) in [6, 6.07) is 0. The minimum atomic E-state index is -1.23. The van der Waals surface area contributed by atoms with Gasteiger partial charge in [0.2, 0.25) is 0 Å². The van der Waals surface area contributed by atoms with Crippen LogP contribution < -0.4 is 0 Å². The molecule has 6 heteroatoms. The van der Waals surface area contributed by atoms with E-state index >= 15 is 0 Å². The lowest BCUT2D eigenvalue weighted by atomic mass is 9.89. The maximum atomic E-state index is 12.5. The lowest BCUT2D eigenvalue weighted by Gasteiger charge is -2.37. The standard InChI is InChI=1S/C14H21NO5/c1-8-9(6-16)10(17)15-11(13(2,3)4)20-7-14(8,15)12(18)19-5/h11,16H,6-7H2,1-5H3/t11-,14-/m1/s1. The van der Waals surface area contributed by atoms with Gasteiger partial charge >= 0.3 is 5.97 Å². The van der Waals surface area contributed by atoms with E-state index in [9.17, 15) is 14.7 Å². The Morgan fingerprint density at radius 3 is 2.60 bits per heavy atom. The van der Waals surface area contributed by atoms with Gasteiger partial charge in [-0.3, -0.25) is 9.69 Å². The molecule has 1 amide bonds. The van der Waals surface area contributed by atoms with E-state index in [2.05, 4.69) is 0 Å². The Balaban J connectivity index is 2.58. The van der Waals surface area contributed by atoms with Gasteiger partial charge in [0.05, 0.1) is 20.3 Å². The number of aliphatic hydroxyl groups excluding tert-OH is 1. The number of carbonyl (C=O) groups is 2. The zero-order chi connectivity index (χ0) is 15.3. The molecule has 0 radical (unpaired) electrons. The molecule has 2 rings (SSSR count). The average Bonchev–Trinajstić information content (AvgIpc) is 2.86. The predicted octanol–water partition coefficient (Wildman–Crippen LogP) is 0.452. The monoisotopic (exact) mass is 283 g/mol. The van der Waals surface area contributed by atoms with E-state index in [1.807, 2.05) is 20.8 Å². The maximum absolute atomic E-state index is 12.5. The summed E-state index contributed by atoms with van der Waals surface area (Å²) < 4.78 is 10.6. The Hall–Kier alpha value is -1.40. The minimum absolute atomic E-state index is 0.0582. The lowest BCUT2D eigenvalue weighted by molar-refractivity contribution is -0.157. The van der Waals surface area contributed by atoms with Gasteiger partial charge in [-0.05, 0) is 12.5 Å². The van der Waals surface area contributed by atoms with Crippen molar-refractivity contribution in [2.24, 2.45) is 5.41 Å². The van der Waals surface area contributed by atoms with Gasteiger partial charge < -0.3 is 14.6 Å². The summed E-state index contributed by atoms with van der Waals surface area (Å²) in [6.45, 7) is 7.15. The molecule has 2 aliphatic rings. The molecule has 0 aromatic rings. The van der Waals surface area contributed by atoms with Crippen LogP contribution in [0.3, 0.4) is 0 Å². The minimum Gasteiger partial charge on any atom is -0.467 e. The van der Waals surface area contributed by atoms with Crippen molar-refractivity contribution in [1.29, 1.82) is 0 Å². The van der Waals surface area contributed by atoms with Crippen molar-refractivity contribution in [3.63, 3.8) is 0 Å². The molecule has 0 aromatic heterocycles. The van der Waals surface area contributed by atoms with Crippen LogP contribution in [0.1, 0.15) is 27.7 Å². The van der Waals surface area contributed by atoms with E-state index in [0.29, 0.717) is 5.57 Å². The third-order valence-corrected chi connectivity index (χ3v) is 4.07. The number of carbonyl (C=O) groups excluding carboxylic acids is 2. The van der Waals surface area contributed by atoms with Gasteiger partial charge in [-0.25, -0.2) is 4.79 Å². The highest BCUT2D eigenvalue weighted by Crippen LogP contribution is 2.46. The van der Waals surface area contributed by atoms with Gasteiger partial charge in [0.25, 0.3) is 5.91 Å². The number of rotatable bonds is 2. The quantitative estimate of drug-likeness (QED) is 0.745. The first-order valence-electron chi connectivity index (χ1n) is 6.56. The highest BCUT2D eigenvalue weighted by molar-refractivity contribution is 6.06. The summed E-state index contributed by atoms with van der Waals surface area (Å²) in [4.78, 5) is 26.3. The van der Waals surface area contributed by atoms with Crippen molar-refractivity contribution in [1.82, 2.24) is 4.90 Å². The number of aliphatic hydroxyl groups is 1. The Morgan fingerprint density at radius 2 is 2.15 bits per heavy atom. The van der Waals surface area contributed by atoms with Gasteiger partial charge in [0.15, 0.2) is 5.54 Å². The van der Waals surface area contributed by atoms with Gasteiger partial charge in [-0.2, -0.15) is 0 Å². The van der Waals surface area contributed by atoms with E-state index in [0.717, 1.165) is 0 Å². The molecular weight excluding hydrogens is 262 g/mol. The van der Waals surface area contributed by atoms with Crippen LogP contribution in [0.4, 0.5) is 0 Å². The van der Waals surface area contributed by atoms with Gasteiger partial charge in [-0.1, -0.05) is 20.8 Å². The highest BCUT2D eigenvalue weighted by Gasteiger charge is 2.64. The fourth-order valence-corrected chi connectivity index (χ4v) is 2.97. The molecule has 6 nitrogen and oxygen atoms in total. The average molecular weight is 283 g/mol. The first kappa shape index (κ1) is 15.0. The Kier molecular flexibility index (Phi) is 3.42. The molecule has 2 heterocycles. The van der Waals surface area contributed by atoms with Crippen LogP contribution in [0.25, 0.3) is 0 Å². The topological polar surface area (TPSA) is 76.1 Å². The summed E-state index contributed by atoms with van der Waals surface area (Å²) >= 11 is 0. The normalized spacial score (nSPS) is 30.0. The molecule has 0 aromatic carbocycles. The zero-order valence-electron chi connectivity index (χ0n) is 12.5. The van der Waals surface area contributed by atoms with Gasteiger partial charge in [0.1, 0.15) is 6.23 Å². The summed E-state index contributed by atoms with van der Waals surface area (Å²) in [6.07, 6.45) is -0.534. The van der Waals surface area contributed by atoms with E-state index in [1.165, 1.54) is 12.0 Å². The fourth-order valence-electron chi connectivity index (χ4n) is 2.97. The zero-order valence-corrected chi connectivity index (χ0v) is 12.5. The van der Waals surface area contributed by atoms with Crippen molar-refractivity contribution in [2.75, 3.05) is 20.3 Å². The van der Waals surface area contributed by atoms with Crippen LogP contribution in [-0.4, -0.2) is 54.0 Å². The third kappa shape index (κ3) is 1.71. The number of hydrogen-bond donors (Lipinski definition) is 1. The number of ether oxygens (including phenoxy) is 2. The Labute approximate surface area is 118 Å². The molecule has 0 saturated carbocycles. The van der Waals surface area contributed by atoms with E-state index < -0.39 is 24.3 Å². The van der Waals surface area contributed by atoms with E-state index in [4.69, 9.17) is 9.47 Å². The van der Waals surface area contributed by atoms with E-state index in [-0.39, 0.29) is 23.5 Å². The number of esters is 1. The second-order valence-corrected chi connectivity index (χ2v) is 6.32. The molecule has 20 heavy (non-hydrogen) atoms. The molecule has 0 bridgehead atoms. The molecule has 1 fully saturated rings. The van der Waals surface area contributed by atoms with Crippen molar-refractivity contribution in [2.45, 2.75) is 39.5 Å². The van der Waals surface area contributed by atoms with Crippen molar-refractivity contribution in [3.05, 3.63) is 11.1 Å². The van der Waals surface area contributed by atoms with Crippen molar-refractivity contribution in [3.8, 4) is 0 Å². The summed E-state index contributed by atoms with van der Waals surface area (Å²) in [7, 11) is 1.29. The molecule has 0 spiro atoms. The molecular formula is C14H21NO5. The van der Waals surface area contributed by atoms with Crippen molar-refractivity contribution < 1.29 is 24.2 Å². The summed E-state index contributed by atoms with van der Waals surface area (Å²) in [5.41, 5.74) is -0.810. The lowest BCUT2D eigenvalue weighted by Crippen LogP contribution is -2.56. The number of nitrogens with zero attached hydrogens (tertiary/aromatic N) is 1. The predicted molar refractivity (Wildman–Crippen MR) is 70.6 cm³/mol. The van der Waals surface area contributed by atoms with Crippen LogP contribution in [0.15, 0.2) is 11.1 Å². The van der Waals surface area contributed by atoms with Crippen LogP contribution >= 0.6 is 0 Å². The maximum Gasteiger partial charge on any atom is 0.338 e. The molecule has 112 valence electrons. The van der Waals surface area contributed by atoms with Crippen molar-refractivity contribution >= 4 is 11.9 Å². The number of hydrogen-bond acceptors (Lipinski definition) is 5. The largest absolute Gasteiger partial charge is 0.467 e. The molecule has 1 saturated heterocycles. The van der Waals surface area contributed by atoms with Crippen LogP contribution in [-0.2, 0) is 19.1 Å². The number of fused-ring (bicyclic) bond motifs is 1. The summed E-state index contributed by atoms with van der Waals surface area (Å²) in [5, 5.41) is 9.42. The SMILES string of the molecule is COC(=O)[C@]12CO[C@H](C(C)(C)C)N1C(=O)C(CO)=C2C. The molecule has 0 unspecified atom stereocenters. The number of methoxy groups -OCH3 is 1. The third-order valence-electron chi connectivity index (χ3n) is 4.07. The molecule has 2 atom stereocenters. The van der Waals surface area contributed by atoms with Crippen LogP contribution in [0.2, 0.25) is 0 Å². The fraction of sp³-hybridized carbons (Fsp3) is 0.714. The Bertz CT molecular complexity index is 490. The first-order valence-corrected chi connectivity index (χ1v) is 6.56. The molecule has 1 N–H and O–H groups in total. The van der Waals surface area contributed by atoms with Gasteiger partial charge in [-0.15, -0.1) is 0 Å². The molecule has 2 aliphatic heterocycles. The second-order valence-electron chi connectivity index (χ2n) is 6.32.